The van der Waals surface area contributed by atoms with Crippen molar-refractivity contribution in [3.63, 3.8) is 0 Å². The molecule has 1 atom stereocenters. The van der Waals surface area contributed by atoms with Crippen molar-refractivity contribution >= 4 is 11.6 Å². The molecule has 2 nitrogen and oxygen atoms in total. The lowest BCUT2D eigenvalue weighted by molar-refractivity contribution is 0.0852. The number of carbonyl (C=O) groups excluding carboxylic acids is 2. The van der Waals surface area contributed by atoms with Crippen LogP contribution < -0.4 is 0 Å². The van der Waals surface area contributed by atoms with E-state index >= 15 is 0 Å². The molecule has 2 heteroatoms. The molecule has 0 bridgehead atoms. The molecule has 0 N–H and O–H groups in total. The van der Waals surface area contributed by atoms with E-state index in [-0.39, 0.29) is 11.6 Å². The molecule has 0 saturated carbocycles. The summed E-state index contributed by atoms with van der Waals surface area (Å²) >= 11 is 0. The highest BCUT2D eigenvalue weighted by molar-refractivity contribution is 6.26. The van der Waals surface area contributed by atoms with Crippen LogP contribution in [0, 0.1) is 12.8 Å². The van der Waals surface area contributed by atoms with Crippen LogP contribution in [0.4, 0.5) is 0 Å². The SMILES string of the molecule is Cc1ccc2c(c1)C(=O)C(C)C2=O. The van der Waals surface area contributed by atoms with Gasteiger partial charge in [0.2, 0.25) is 0 Å². The van der Waals surface area contributed by atoms with Crippen LogP contribution in [0.15, 0.2) is 18.2 Å². The zero-order valence-corrected chi connectivity index (χ0v) is 7.63. The summed E-state index contributed by atoms with van der Waals surface area (Å²) in [5, 5.41) is 0. The van der Waals surface area contributed by atoms with Crippen molar-refractivity contribution in [1.82, 2.24) is 0 Å². The van der Waals surface area contributed by atoms with E-state index in [0.29, 0.717) is 11.1 Å². The molecule has 13 heavy (non-hydrogen) atoms. The summed E-state index contributed by atoms with van der Waals surface area (Å²) in [5.74, 6) is -0.555. The van der Waals surface area contributed by atoms with Gasteiger partial charge in [0.25, 0.3) is 0 Å². The number of hydrogen-bond acceptors (Lipinski definition) is 2. The van der Waals surface area contributed by atoms with E-state index in [0.717, 1.165) is 5.56 Å². The first kappa shape index (κ1) is 8.17. The van der Waals surface area contributed by atoms with Crippen LogP contribution >= 0.6 is 0 Å². The van der Waals surface area contributed by atoms with Gasteiger partial charge in [-0.3, -0.25) is 9.59 Å². The van der Waals surface area contributed by atoms with Gasteiger partial charge in [0.05, 0.1) is 5.92 Å². The largest absolute Gasteiger partial charge is 0.293 e. The van der Waals surface area contributed by atoms with Crippen LogP contribution in [0.3, 0.4) is 0 Å². The molecular weight excluding hydrogens is 164 g/mol. The Kier molecular flexibility index (Phi) is 1.59. The second kappa shape index (κ2) is 2.52. The van der Waals surface area contributed by atoms with E-state index in [9.17, 15) is 9.59 Å². The number of aryl methyl sites for hydroxylation is 1. The van der Waals surface area contributed by atoms with E-state index < -0.39 is 5.92 Å². The summed E-state index contributed by atoms with van der Waals surface area (Å²) in [6, 6.07) is 5.40. The molecule has 0 radical (unpaired) electrons. The molecule has 1 aliphatic rings. The van der Waals surface area contributed by atoms with Crippen LogP contribution in [0.5, 0.6) is 0 Å². The average Bonchev–Trinajstić information content (AvgIpc) is 2.32. The van der Waals surface area contributed by atoms with Gasteiger partial charge >= 0.3 is 0 Å². The number of carbonyl (C=O) groups is 2. The second-order valence-electron chi connectivity index (χ2n) is 3.50. The summed E-state index contributed by atoms with van der Waals surface area (Å²) in [4.78, 5) is 23.0. The maximum atomic E-state index is 11.5. The fourth-order valence-corrected chi connectivity index (χ4v) is 1.66. The fourth-order valence-electron chi connectivity index (χ4n) is 1.66. The third kappa shape index (κ3) is 1.02. The third-order valence-corrected chi connectivity index (χ3v) is 2.49. The Balaban J connectivity index is 2.67. The molecule has 0 spiro atoms. The minimum atomic E-state index is -0.475. The van der Waals surface area contributed by atoms with Crippen molar-refractivity contribution in [2.24, 2.45) is 5.92 Å². The maximum absolute atomic E-state index is 11.5. The molecule has 0 heterocycles. The average molecular weight is 174 g/mol. The van der Waals surface area contributed by atoms with Crippen molar-refractivity contribution < 1.29 is 9.59 Å². The van der Waals surface area contributed by atoms with Crippen LogP contribution in [-0.4, -0.2) is 11.6 Å². The van der Waals surface area contributed by atoms with Crippen molar-refractivity contribution in [2.45, 2.75) is 13.8 Å². The molecule has 0 saturated heterocycles. The summed E-state index contributed by atoms with van der Waals surface area (Å²) in [5.41, 5.74) is 2.20. The number of hydrogen-bond donors (Lipinski definition) is 0. The molecule has 0 aliphatic heterocycles. The van der Waals surface area contributed by atoms with E-state index in [1.54, 1.807) is 19.1 Å². The predicted octanol–water partition coefficient (Wildman–Crippen LogP) is 2.01. The van der Waals surface area contributed by atoms with E-state index in [1.165, 1.54) is 0 Å². The normalized spacial score (nSPS) is 20.6. The van der Waals surface area contributed by atoms with Gasteiger partial charge in [0.15, 0.2) is 11.6 Å². The summed E-state index contributed by atoms with van der Waals surface area (Å²) in [6.07, 6.45) is 0. The van der Waals surface area contributed by atoms with Crippen molar-refractivity contribution in [3.05, 3.63) is 34.9 Å². The highest BCUT2D eigenvalue weighted by atomic mass is 16.2. The Morgan fingerprint density at radius 1 is 1.08 bits per heavy atom. The topological polar surface area (TPSA) is 34.1 Å². The molecule has 1 aromatic rings. The molecule has 0 fully saturated rings. The van der Waals surface area contributed by atoms with E-state index in [1.807, 2.05) is 13.0 Å². The first-order chi connectivity index (χ1) is 6.11. The highest BCUT2D eigenvalue weighted by Gasteiger charge is 2.34. The van der Waals surface area contributed by atoms with Crippen LogP contribution in [0.2, 0.25) is 0 Å². The van der Waals surface area contributed by atoms with Crippen molar-refractivity contribution in [1.29, 1.82) is 0 Å². The summed E-state index contributed by atoms with van der Waals surface area (Å²) in [7, 11) is 0. The van der Waals surface area contributed by atoms with Gasteiger partial charge < -0.3 is 0 Å². The molecule has 1 unspecified atom stereocenters. The molecule has 0 aromatic heterocycles. The molecule has 1 aromatic carbocycles. The zero-order chi connectivity index (χ0) is 9.59. The Labute approximate surface area is 76.6 Å². The van der Waals surface area contributed by atoms with Crippen LogP contribution in [0.1, 0.15) is 33.2 Å². The van der Waals surface area contributed by atoms with Gasteiger partial charge in [-0.15, -0.1) is 0 Å². The minimum Gasteiger partial charge on any atom is -0.293 e. The molecular formula is C11H10O2. The first-order valence-electron chi connectivity index (χ1n) is 4.30. The Hall–Kier alpha value is -1.44. The van der Waals surface area contributed by atoms with Gasteiger partial charge in [-0.1, -0.05) is 17.7 Å². The molecule has 66 valence electrons. The molecule has 0 amide bonds. The van der Waals surface area contributed by atoms with Crippen LogP contribution in [-0.2, 0) is 0 Å². The fraction of sp³-hybridized carbons (Fsp3) is 0.273. The van der Waals surface area contributed by atoms with E-state index in [2.05, 4.69) is 0 Å². The number of ketones is 2. The predicted molar refractivity (Wildman–Crippen MR) is 49.0 cm³/mol. The quantitative estimate of drug-likeness (QED) is 0.564. The third-order valence-electron chi connectivity index (χ3n) is 2.49. The number of benzene rings is 1. The van der Waals surface area contributed by atoms with Crippen molar-refractivity contribution in [3.8, 4) is 0 Å². The number of Topliss-reactive ketones (excluding diaryl/α,β-unsaturated/α-hetero) is 2. The van der Waals surface area contributed by atoms with Gasteiger partial charge in [0, 0.05) is 11.1 Å². The van der Waals surface area contributed by atoms with Crippen LogP contribution in [0.25, 0.3) is 0 Å². The Bertz CT molecular complexity index is 405. The maximum Gasteiger partial charge on any atom is 0.174 e. The second-order valence-corrected chi connectivity index (χ2v) is 3.50. The Morgan fingerprint density at radius 3 is 2.38 bits per heavy atom. The first-order valence-corrected chi connectivity index (χ1v) is 4.30. The summed E-state index contributed by atoms with van der Waals surface area (Å²) < 4.78 is 0. The standard InChI is InChI=1S/C11H10O2/c1-6-3-4-8-9(5-6)11(13)7(2)10(8)12/h3-5,7H,1-2H3. The van der Waals surface area contributed by atoms with Gasteiger partial charge in [-0.25, -0.2) is 0 Å². The minimum absolute atomic E-state index is 0.0382. The number of rotatable bonds is 0. The van der Waals surface area contributed by atoms with E-state index in [4.69, 9.17) is 0 Å². The lowest BCUT2D eigenvalue weighted by atomic mass is 10.1. The summed E-state index contributed by atoms with van der Waals surface area (Å²) in [6.45, 7) is 3.58. The number of fused-ring (bicyclic) bond motifs is 1. The highest BCUT2D eigenvalue weighted by Crippen LogP contribution is 2.26. The van der Waals surface area contributed by atoms with Gasteiger partial charge in [-0.05, 0) is 19.9 Å². The zero-order valence-electron chi connectivity index (χ0n) is 7.63. The van der Waals surface area contributed by atoms with Gasteiger partial charge in [0.1, 0.15) is 0 Å². The molecule has 2 rings (SSSR count). The monoisotopic (exact) mass is 174 g/mol. The Morgan fingerprint density at radius 2 is 1.69 bits per heavy atom. The van der Waals surface area contributed by atoms with Crippen molar-refractivity contribution in [2.75, 3.05) is 0 Å². The molecule has 1 aliphatic carbocycles. The lowest BCUT2D eigenvalue weighted by Crippen LogP contribution is -2.09. The smallest absolute Gasteiger partial charge is 0.174 e. The lowest BCUT2D eigenvalue weighted by Gasteiger charge is -1.96. The van der Waals surface area contributed by atoms with Gasteiger partial charge in [-0.2, -0.15) is 0 Å².